The Morgan fingerprint density at radius 2 is 1.57 bits per heavy atom. The fourth-order valence-corrected chi connectivity index (χ4v) is 2.52. The molecule has 0 aliphatic carbocycles. The van der Waals surface area contributed by atoms with Crippen molar-refractivity contribution in [2.75, 3.05) is 13.2 Å². The van der Waals surface area contributed by atoms with Crippen molar-refractivity contribution >= 4 is 12.1 Å². The molecular weight excluding hydrogens is 386 g/mol. The van der Waals surface area contributed by atoms with Crippen molar-refractivity contribution in [3.63, 3.8) is 0 Å². The molecule has 2 atom stereocenters. The molecule has 0 radical (unpaired) electrons. The van der Waals surface area contributed by atoms with Crippen LogP contribution in [0.4, 0.5) is 4.79 Å². The fraction of sp³-hybridized carbons (Fsp3) is 0.391. The monoisotopic (exact) mass is 415 g/mol. The normalized spacial score (nSPS) is 13.2. The molecular formula is C23H29NO6. The molecule has 2 aromatic rings. The molecule has 7 nitrogen and oxygen atoms in total. The molecule has 0 aromatic heterocycles. The van der Waals surface area contributed by atoms with E-state index < -0.39 is 29.8 Å². The summed E-state index contributed by atoms with van der Waals surface area (Å²) in [5.41, 5.74) is 0.643. The van der Waals surface area contributed by atoms with E-state index in [4.69, 9.17) is 14.2 Å². The van der Waals surface area contributed by atoms with Crippen LogP contribution in [0.15, 0.2) is 60.7 Å². The van der Waals surface area contributed by atoms with Crippen LogP contribution in [0.3, 0.4) is 0 Å². The summed E-state index contributed by atoms with van der Waals surface area (Å²) in [7, 11) is 0. The van der Waals surface area contributed by atoms with Gasteiger partial charge in [-0.1, -0.05) is 48.5 Å². The molecule has 0 aliphatic rings. The Kier molecular flexibility index (Phi) is 8.83. The first-order valence-electron chi connectivity index (χ1n) is 9.76. The largest absolute Gasteiger partial charge is 0.459 e. The zero-order valence-corrected chi connectivity index (χ0v) is 17.5. The Bertz CT molecular complexity index is 788. The van der Waals surface area contributed by atoms with Crippen LogP contribution in [0.1, 0.15) is 36.7 Å². The molecule has 30 heavy (non-hydrogen) atoms. The average Bonchev–Trinajstić information content (AvgIpc) is 2.71. The van der Waals surface area contributed by atoms with Gasteiger partial charge in [0.2, 0.25) is 0 Å². The van der Waals surface area contributed by atoms with Gasteiger partial charge in [-0.05, 0) is 38.5 Å². The van der Waals surface area contributed by atoms with Crippen LogP contribution in [-0.2, 0) is 20.8 Å². The number of ether oxygens (including phenoxy) is 3. The Balaban J connectivity index is 1.93. The van der Waals surface area contributed by atoms with Gasteiger partial charge >= 0.3 is 12.1 Å². The van der Waals surface area contributed by atoms with Gasteiger partial charge in [-0.25, -0.2) is 9.59 Å². The number of carbonyl (C=O) groups excluding carboxylic acids is 2. The van der Waals surface area contributed by atoms with Gasteiger partial charge in [-0.2, -0.15) is 0 Å². The third kappa shape index (κ3) is 8.63. The Morgan fingerprint density at radius 3 is 2.17 bits per heavy atom. The lowest BCUT2D eigenvalue weighted by Gasteiger charge is -2.26. The SMILES string of the molecule is CC(C)(C)OC(=O)N[C@@H](COCc1ccccc1)[C@@H](O)COC(=O)c1ccccc1. The third-order valence-electron chi connectivity index (χ3n) is 3.97. The number of hydrogen-bond donors (Lipinski definition) is 2. The number of rotatable bonds is 9. The Labute approximate surface area is 177 Å². The number of aliphatic hydroxyl groups excluding tert-OH is 1. The van der Waals surface area contributed by atoms with E-state index in [0.717, 1.165) is 5.56 Å². The zero-order chi connectivity index (χ0) is 22.0. The van der Waals surface area contributed by atoms with Gasteiger partial charge in [0.15, 0.2) is 0 Å². The molecule has 1 amide bonds. The van der Waals surface area contributed by atoms with Crippen molar-refractivity contribution in [3.8, 4) is 0 Å². The van der Waals surface area contributed by atoms with E-state index in [0.29, 0.717) is 12.2 Å². The summed E-state index contributed by atoms with van der Waals surface area (Å²) in [4.78, 5) is 24.3. The molecule has 2 N–H and O–H groups in total. The second-order valence-corrected chi connectivity index (χ2v) is 7.79. The molecule has 162 valence electrons. The summed E-state index contributed by atoms with van der Waals surface area (Å²) in [6.07, 6.45) is -1.87. The highest BCUT2D eigenvalue weighted by molar-refractivity contribution is 5.89. The van der Waals surface area contributed by atoms with Crippen molar-refractivity contribution < 1.29 is 28.9 Å². The van der Waals surface area contributed by atoms with Crippen molar-refractivity contribution in [1.29, 1.82) is 0 Å². The number of aliphatic hydroxyl groups is 1. The first-order chi connectivity index (χ1) is 14.2. The van der Waals surface area contributed by atoms with Crippen LogP contribution in [-0.4, -0.2) is 48.1 Å². The van der Waals surface area contributed by atoms with Gasteiger partial charge in [-0.15, -0.1) is 0 Å². The molecule has 0 saturated carbocycles. The van der Waals surface area contributed by atoms with Gasteiger partial charge in [0, 0.05) is 0 Å². The van der Waals surface area contributed by atoms with E-state index in [1.54, 1.807) is 51.1 Å². The molecule has 7 heteroatoms. The van der Waals surface area contributed by atoms with Crippen LogP contribution in [0.2, 0.25) is 0 Å². The van der Waals surface area contributed by atoms with Gasteiger partial charge < -0.3 is 24.6 Å². The number of benzene rings is 2. The summed E-state index contributed by atoms with van der Waals surface area (Å²) in [6, 6.07) is 17.2. The molecule has 0 heterocycles. The van der Waals surface area contributed by atoms with Gasteiger partial charge in [0.1, 0.15) is 18.3 Å². The van der Waals surface area contributed by atoms with E-state index in [2.05, 4.69) is 5.32 Å². The van der Waals surface area contributed by atoms with Crippen LogP contribution >= 0.6 is 0 Å². The first-order valence-corrected chi connectivity index (χ1v) is 9.76. The minimum Gasteiger partial charge on any atom is -0.459 e. The van der Waals surface area contributed by atoms with Crippen molar-refractivity contribution in [2.45, 2.75) is 45.1 Å². The molecule has 0 spiro atoms. The van der Waals surface area contributed by atoms with Gasteiger partial charge in [-0.3, -0.25) is 0 Å². The van der Waals surface area contributed by atoms with Crippen LogP contribution < -0.4 is 5.32 Å². The topological polar surface area (TPSA) is 94.1 Å². The maximum absolute atomic E-state index is 12.2. The molecule has 2 aromatic carbocycles. The maximum atomic E-state index is 12.2. The van der Waals surface area contributed by atoms with E-state index in [9.17, 15) is 14.7 Å². The molecule has 0 aliphatic heterocycles. The number of alkyl carbamates (subject to hydrolysis) is 1. The van der Waals surface area contributed by atoms with Crippen LogP contribution in [0.5, 0.6) is 0 Å². The third-order valence-corrected chi connectivity index (χ3v) is 3.97. The van der Waals surface area contributed by atoms with E-state index in [1.165, 1.54) is 0 Å². The smallest absolute Gasteiger partial charge is 0.408 e. The van der Waals surface area contributed by atoms with Crippen LogP contribution in [0.25, 0.3) is 0 Å². The summed E-state index contributed by atoms with van der Waals surface area (Å²) in [5, 5.41) is 13.1. The van der Waals surface area contributed by atoms with Crippen molar-refractivity contribution in [2.24, 2.45) is 0 Å². The quantitative estimate of drug-likeness (QED) is 0.610. The average molecular weight is 415 g/mol. The molecule has 0 saturated heterocycles. The predicted octanol–water partition coefficient (Wildman–Crippen LogP) is 3.31. The van der Waals surface area contributed by atoms with Crippen molar-refractivity contribution in [3.05, 3.63) is 71.8 Å². The van der Waals surface area contributed by atoms with Crippen molar-refractivity contribution in [1.82, 2.24) is 5.32 Å². The predicted molar refractivity (Wildman–Crippen MR) is 112 cm³/mol. The first kappa shape index (κ1) is 23.4. The molecule has 2 rings (SSSR count). The second-order valence-electron chi connectivity index (χ2n) is 7.79. The van der Waals surface area contributed by atoms with E-state index >= 15 is 0 Å². The van der Waals surface area contributed by atoms with E-state index in [-0.39, 0.29) is 13.2 Å². The summed E-state index contributed by atoms with van der Waals surface area (Å²) in [6.45, 7) is 5.24. The minimum absolute atomic E-state index is 0.0121. The standard InChI is InChI=1S/C23H29NO6/c1-23(2,3)30-22(27)24-19(15-28-14-17-10-6-4-7-11-17)20(25)16-29-21(26)18-12-8-5-9-13-18/h4-13,19-20,25H,14-16H2,1-3H3,(H,24,27)/t19-,20-/m0/s1. The number of nitrogens with one attached hydrogen (secondary N) is 1. The van der Waals surface area contributed by atoms with E-state index in [1.807, 2.05) is 30.3 Å². The maximum Gasteiger partial charge on any atom is 0.408 e. The molecule has 0 bridgehead atoms. The number of hydrogen-bond acceptors (Lipinski definition) is 6. The van der Waals surface area contributed by atoms with Gasteiger partial charge in [0.25, 0.3) is 0 Å². The lowest BCUT2D eigenvalue weighted by molar-refractivity contribution is -0.00997. The summed E-state index contributed by atoms with van der Waals surface area (Å²) >= 11 is 0. The Hall–Kier alpha value is -2.90. The zero-order valence-electron chi connectivity index (χ0n) is 17.5. The lowest BCUT2D eigenvalue weighted by Crippen LogP contribution is -2.49. The Morgan fingerprint density at radius 1 is 0.967 bits per heavy atom. The molecule has 0 fully saturated rings. The summed E-state index contributed by atoms with van der Waals surface area (Å²) < 4.78 is 16.1. The number of carbonyl (C=O) groups is 2. The highest BCUT2D eigenvalue weighted by Gasteiger charge is 2.26. The second kappa shape index (κ2) is 11.3. The minimum atomic E-state index is -1.18. The number of esters is 1. The van der Waals surface area contributed by atoms with Gasteiger partial charge in [0.05, 0.1) is 24.8 Å². The summed E-state index contributed by atoms with van der Waals surface area (Å²) in [5.74, 6) is -0.559. The number of amides is 1. The lowest BCUT2D eigenvalue weighted by atomic mass is 10.1. The molecule has 0 unspecified atom stereocenters. The van der Waals surface area contributed by atoms with Crippen LogP contribution in [0, 0.1) is 0 Å². The highest BCUT2D eigenvalue weighted by Crippen LogP contribution is 2.09. The fourth-order valence-electron chi connectivity index (χ4n) is 2.52. The highest BCUT2D eigenvalue weighted by atomic mass is 16.6.